The quantitative estimate of drug-likeness (QED) is 0.721. The Morgan fingerprint density at radius 2 is 2.31 bits per heavy atom. The molecule has 4 nitrogen and oxygen atoms in total. The van der Waals surface area contributed by atoms with E-state index in [1.54, 1.807) is 0 Å². The molecule has 1 unspecified atom stereocenters. The molecule has 2 N–H and O–H groups in total. The minimum atomic E-state index is 0.0707. The Balaban J connectivity index is 1.67. The highest BCUT2D eigenvalue weighted by atomic mass is 16.2. The van der Waals surface area contributed by atoms with Crippen LogP contribution in [0.15, 0.2) is 0 Å². The minimum absolute atomic E-state index is 0.0707. The molecule has 0 saturated carbocycles. The van der Waals surface area contributed by atoms with Gasteiger partial charge in [-0.15, -0.1) is 0 Å². The highest BCUT2D eigenvalue weighted by Gasteiger charge is 2.23. The first-order chi connectivity index (χ1) is 7.75. The molecule has 2 aliphatic heterocycles. The van der Waals surface area contributed by atoms with Gasteiger partial charge in [0.05, 0.1) is 6.04 Å². The molecule has 2 atom stereocenters. The Kier molecular flexibility index (Phi) is 4.18. The highest BCUT2D eigenvalue weighted by molar-refractivity contribution is 5.81. The Morgan fingerprint density at radius 1 is 1.44 bits per heavy atom. The monoisotopic (exact) mass is 225 g/mol. The van der Waals surface area contributed by atoms with Crippen molar-refractivity contribution >= 4 is 5.91 Å². The van der Waals surface area contributed by atoms with Crippen LogP contribution in [0.3, 0.4) is 0 Å². The van der Waals surface area contributed by atoms with Crippen LogP contribution in [0.4, 0.5) is 0 Å². The SMILES string of the molecule is CN1CCCC(CNC(=O)[C@H]2CCCN2)C1. The van der Waals surface area contributed by atoms with Crippen molar-refractivity contribution in [2.75, 3.05) is 33.2 Å². The maximum Gasteiger partial charge on any atom is 0.237 e. The van der Waals surface area contributed by atoms with Gasteiger partial charge in [-0.1, -0.05) is 0 Å². The lowest BCUT2D eigenvalue weighted by Crippen LogP contribution is -2.44. The molecule has 0 spiro atoms. The van der Waals surface area contributed by atoms with E-state index in [0.29, 0.717) is 5.92 Å². The van der Waals surface area contributed by atoms with Crippen LogP contribution in [0.5, 0.6) is 0 Å². The average molecular weight is 225 g/mol. The van der Waals surface area contributed by atoms with Gasteiger partial charge in [-0.05, 0) is 51.7 Å². The average Bonchev–Trinajstić information content (AvgIpc) is 2.79. The van der Waals surface area contributed by atoms with Crippen molar-refractivity contribution in [2.24, 2.45) is 5.92 Å². The number of piperidine rings is 1. The largest absolute Gasteiger partial charge is 0.354 e. The standard InChI is InChI=1S/C12H23N3O/c1-15-7-3-4-10(9-15)8-14-12(16)11-5-2-6-13-11/h10-11,13H,2-9H2,1H3,(H,14,16)/t10?,11-/m1/s1. The third kappa shape index (κ3) is 3.19. The summed E-state index contributed by atoms with van der Waals surface area (Å²) in [6.07, 6.45) is 4.64. The van der Waals surface area contributed by atoms with Gasteiger partial charge in [-0.3, -0.25) is 4.79 Å². The predicted octanol–water partition coefficient (Wildman–Crippen LogP) is 0.196. The molecular formula is C12H23N3O. The van der Waals surface area contributed by atoms with Gasteiger partial charge >= 0.3 is 0 Å². The lowest BCUT2D eigenvalue weighted by Gasteiger charge is -2.30. The summed E-state index contributed by atoms with van der Waals surface area (Å²) in [6.45, 7) is 4.17. The number of hydrogen-bond acceptors (Lipinski definition) is 3. The van der Waals surface area contributed by atoms with Crippen molar-refractivity contribution in [3.05, 3.63) is 0 Å². The second-order valence-corrected chi connectivity index (χ2v) is 5.16. The van der Waals surface area contributed by atoms with Gasteiger partial charge in [0.25, 0.3) is 0 Å². The number of hydrogen-bond donors (Lipinski definition) is 2. The van der Waals surface area contributed by atoms with Gasteiger partial charge < -0.3 is 15.5 Å². The summed E-state index contributed by atoms with van der Waals surface area (Å²) in [7, 11) is 2.16. The fraction of sp³-hybridized carbons (Fsp3) is 0.917. The Labute approximate surface area is 97.8 Å². The van der Waals surface area contributed by atoms with E-state index in [-0.39, 0.29) is 11.9 Å². The van der Waals surface area contributed by atoms with Crippen molar-refractivity contribution in [3.63, 3.8) is 0 Å². The summed E-state index contributed by atoms with van der Waals surface area (Å²) < 4.78 is 0. The minimum Gasteiger partial charge on any atom is -0.354 e. The number of nitrogens with one attached hydrogen (secondary N) is 2. The topological polar surface area (TPSA) is 44.4 Å². The van der Waals surface area contributed by atoms with Crippen LogP contribution in [0, 0.1) is 5.92 Å². The molecule has 0 aromatic carbocycles. The van der Waals surface area contributed by atoms with Gasteiger partial charge in [0.15, 0.2) is 0 Å². The van der Waals surface area contributed by atoms with E-state index in [4.69, 9.17) is 0 Å². The third-order valence-corrected chi connectivity index (χ3v) is 3.66. The Bertz CT molecular complexity index is 238. The predicted molar refractivity (Wildman–Crippen MR) is 64.3 cm³/mol. The van der Waals surface area contributed by atoms with Crippen molar-refractivity contribution in [2.45, 2.75) is 31.7 Å². The molecule has 0 aromatic rings. The van der Waals surface area contributed by atoms with Crippen LogP contribution in [0.2, 0.25) is 0 Å². The van der Waals surface area contributed by atoms with Crippen LogP contribution in [0.1, 0.15) is 25.7 Å². The second-order valence-electron chi connectivity index (χ2n) is 5.16. The molecule has 0 bridgehead atoms. The zero-order valence-corrected chi connectivity index (χ0v) is 10.2. The van der Waals surface area contributed by atoms with Gasteiger partial charge in [0.2, 0.25) is 5.91 Å². The summed E-state index contributed by atoms with van der Waals surface area (Å²) in [5.41, 5.74) is 0. The van der Waals surface area contributed by atoms with Crippen LogP contribution in [-0.4, -0.2) is 50.1 Å². The fourth-order valence-electron chi connectivity index (χ4n) is 2.72. The zero-order chi connectivity index (χ0) is 11.4. The first-order valence-electron chi connectivity index (χ1n) is 6.45. The maximum absolute atomic E-state index is 11.8. The summed E-state index contributed by atoms with van der Waals surface area (Å²) in [6, 6.07) is 0.0707. The number of carbonyl (C=O) groups is 1. The zero-order valence-electron chi connectivity index (χ0n) is 10.2. The number of amides is 1. The summed E-state index contributed by atoms with van der Waals surface area (Å²) >= 11 is 0. The van der Waals surface area contributed by atoms with Crippen molar-refractivity contribution in [1.82, 2.24) is 15.5 Å². The van der Waals surface area contributed by atoms with E-state index in [1.165, 1.54) is 19.4 Å². The lowest BCUT2D eigenvalue weighted by molar-refractivity contribution is -0.123. The van der Waals surface area contributed by atoms with E-state index in [9.17, 15) is 4.79 Å². The van der Waals surface area contributed by atoms with Gasteiger partial charge in [0, 0.05) is 13.1 Å². The van der Waals surface area contributed by atoms with E-state index >= 15 is 0 Å². The van der Waals surface area contributed by atoms with E-state index in [2.05, 4.69) is 22.6 Å². The van der Waals surface area contributed by atoms with E-state index in [1.807, 2.05) is 0 Å². The van der Waals surface area contributed by atoms with Crippen LogP contribution >= 0.6 is 0 Å². The molecule has 0 radical (unpaired) electrons. The third-order valence-electron chi connectivity index (χ3n) is 3.66. The molecular weight excluding hydrogens is 202 g/mol. The molecule has 16 heavy (non-hydrogen) atoms. The maximum atomic E-state index is 11.8. The fourth-order valence-corrected chi connectivity index (χ4v) is 2.72. The molecule has 92 valence electrons. The lowest BCUT2D eigenvalue weighted by atomic mass is 9.98. The van der Waals surface area contributed by atoms with Crippen LogP contribution in [-0.2, 0) is 4.79 Å². The summed E-state index contributed by atoms with van der Waals surface area (Å²) in [5, 5.41) is 6.32. The number of nitrogens with zero attached hydrogens (tertiary/aromatic N) is 1. The number of likely N-dealkylation sites (tertiary alicyclic amines) is 1. The van der Waals surface area contributed by atoms with Gasteiger partial charge in [-0.25, -0.2) is 0 Å². The first kappa shape index (κ1) is 11.9. The summed E-state index contributed by atoms with van der Waals surface area (Å²) in [4.78, 5) is 14.1. The van der Waals surface area contributed by atoms with Crippen molar-refractivity contribution in [1.29, 1.82) is 0 Å². The molecule has 2 saturated heterocycles. The van der Waals surface area contributed by atoms with Gasteiger partial charge in [0.1, 0.15) is 0 Å². The first-order valence-corrected chi connectivity index (χ1v) is 6.45. The molecule has 2 heterocycles. The van der Waals surface area contributed by atoms with Crippen LogP contribution < -0.4 is 10.6 Å². The molecule has 0 aromatic heterocycles. The number of rotatable bonds is 3. The van der Waals surface area contributed by atoms with Crippen molar-refractivity contribution < 1.29 is 4.79 Å². The normalized spacial score (nSPS) is 31.6. The molecule has 2 fully saturated rings. The molecule has 2 aliphatic rings. The summed E-state index contributed by atoms with van der Waals surface area (Å²) in [5.74, 6) is 0.842. The van der Waals surface area contributed by atoms with E-state index in [0.717, 1.165) is 32.5 Å². The smallest absolute Gasteiger partial charge is 0.237 e. The van der Waals surface area contributed by atoms with Gasteiger partial charge in [-0.2, -0.15) is 0 Å². The number of carbonyl (C=O) groups excluding carboxylic acids is 1. The molecule has 1 amide bonds. The molecule has 4 heteroatoms. The molecule has 0 aliphatic carbocycles. The Hall–Kier alpha value is -0.610. The molecule has 2 rings (SSSR count). The highest BCUT2D eigenvalue weighted by Crippen LogP contribution is 2.14. The van der Waals surface area contributed by atoms with Crippen LogP contribution in [0.25, 0.3) is 0 Å². The van der Waals surface area contributed by atoms with E-state index < -0.39 is 0 Å². The van der Waals surface area contributed by atoms with Crippen molar-refractivity contribution in [3.8, 4) is 0 Å². The Morgan fingerprint density at radius 3 is 3.00 bits per heavy atom. The second kappa shape index (κ2) is 5.64.